The van der Waals surface area contributed by atoms with Crippen molar-refractivity contribution in [2.45, 2.75) is 39.5 Å². The van der Waals surface area contributed by atoms with Gasteiger partial charge in [0.1, 0.15) is 11.3 Å². The Morgan fingerprint density at radius 2 is 2.09 bits per heavy atom. The maximum absolute atomic E-state index is 12.4. The van der Waals surface area contributed by atoms with Gasteiger partial charge in [-0.05, 0) is 31.4 Å². The molecule has 2 heterocycles. The van der Waals surface area contributed by atoms with Crippen molar-refractivity contribution in [1.29, 1.82) is 0 Å². The Bertz CT molecular complexity index is 607. The number of pyridine rings is 1. The van der Waals surface area contributed by atoms with Gasteiger partial charge in [-0.25, -0.2) is 4.98 Å². The van der Waals surface area contributed by atoms with E-state index in [9.17, 15) is 4.79 Å². The van der Waals surface area contributed by atoms with Crippen LogP contribution in [0.1, 0.15) is 49.3 Å². The van der Waals surface area contributed by atoms with E-state index in [-0.39, 0.29) is 5.91 Å². The van der Waals surface area contributed by atoms with E-state index in [0.29, 0.717) is 18.8 Å². The van der Waals surface area contributed by atoms with Gasteiger partial charge in [-0.15, -0.1) is 0 Å². The molecule has 2 aromatic heterocycles. The molecule has 22 heavy (non-hydrogen) atoms. The summed E-state index contributed by atoms with van der Waals surface area (Å²) in [4.78, 5) is 16.9. The highest BCUT2D eigenvalue weighted by Crippen LogP contribution is 2.13. The number of hydrogen-bond donors (Lipinski definition) is 1. The van der Waals surface area contributed by atoms with Gasteiger partial charge in [0.05, 0.1) is 5.69 Å². The van der Waals surface area contributed by atoms with Gasteiger partial charge in [-0.3, -0.25) is 9.20 Å². The molecule has 0 aliphatic carbocycles. The minimum Gasteiger partial charge on any atom is -0.381 e. The zero-order valence-corrected chi connectivity index (χ0v) is 13.5. The Kier molecular flexibility index (Phi) is 6.40. The number of imidazole rings is 1. The molecule has 0 saturated carbocycles. The van der Waals surface area contributed by atoms with Crippen molar-refractivity contribution in [2.24, 2.45) is 0 Å². The zero-order valence-electron chi connectivity index (χ0n) is 13.5. The lowest BCUT2D eigenvalue weighted by Gasteiger charge is -2.07. The molecule has 2 aromatic rings. The first-order valence-corrected chi connectivity index (χ1v) is 8.09. The lowest BCUT2D eigenvalue weighted by Crippen LogP contribution is -2.27. The summed E-state index contributed by atoms with van der Waals surface area (Å²) in [6.07, 6.45) is 5.68. The van der Waals surface area contributed by atoms with Gasteiger partial charge in [-0.1, -0.05) is 26.3 Å². The second-order valence-electron chi connectivity index (χ2n) is 5.26. The fourth-order valence-corrected chi connectivity index (χ4v) is 2.34. The largest absolute Gasteiger partial charge is 0.381 e. The van der Waals surface area contributed by atoms with E-state index in [1.807, 2.05) is 35.7 Å². The molecule has 1 amide bonds. The van der Waals surface area contributed by atoms with Crippen LogP contribution in [0.3, 0.4) is 0 Å². The number of unbranched alkanes of at least 4 members (excludes halogenated alkanes) is 1. The Balaban J connectivity index is 1.90. The number of nitrogens with one attached hydrogen (secondary N) is 1. The van der Waals surface area contributed by atoms with Crippen molar-refractivity contribution in [2.75, 3.05) is 19.8 Å². The lowest BCUT2D eigenvalue weighted by atomic mass is 10.2. The van der Waals surface area contributed by atoms with E-state index in [1.165, 1.54) is 0 Å². The summed E-state index contributed by atoms with van der Waals surface area (Å²) in [5.41, 5.74) is 2.29. The number of ether oxygens (including phenoxy) is 1. The van der Waals surface area contributed by atoms with Crippen LogP contribution in [0.5, 0.6) is 0 Å². The molecule has 0 fully saturated rings. The average molecular weight is 303 g/mol. The van der Waals surface area contributed by atoms with E-state index >= 15 is 0 Å². The number of hydrogen-bond acceptors (Lipinski definition) is 3. The molecule has 5 heteroatoms. The highest BCUT2D eigenvalue weighted by atomic mass is 16.5. The van der Waals surface area contributed by atoms with Gasteiger partial charge in [0, 0.05) is 26.0 Å². The first-order valence-electron chi connectivity index (χ1n) is 8.09. The molecule has 120 valence electrons. The summed E-state index contributed by atoms with van der Waals surface area (Å²) in [5.74, 6) is -0.0656. The van der Waals surface area contributed by atoms with Crippen LogP contribution < -0.4 is 5.32 Å². The minimum absolute atomic E-state index is 0.0656. The van der Waals surface area contributed by atoms with Crippen molar-refractivity contribution in [3.63, 3.8) is 0 Å². The number of aromatic nitrogens is 2. The Morgan fingerprint density at radius 1 is 1.27 bits per heavy atom. The minimum atomic E-state index is -0.0656. The molecule has 2 rings (SSSR count). The van der Waals surface area contributed by atoms with Crippen LogP contribution in [-0.4, -0.2) is 35.1 Å². The Morgan fingerprint density at radius 3 is 2.86 bits per heavy atom. The van der Waals surface area contributed by atoms with Crippen molar-refractivity contribution in [3.8, 4) is 0 Å². The number of carbonyl (C=O) groups is 1. The van der Waals surface area contributed by atoms with Gasteiger partial charge in [0.25, 0.3) is 5.91 Å². The SMILES string of the molecule is CCCCOCCCNC(=O)c1c(CC)nc2ccccn12. The number of aryl methyl sites for hydroxylation is 1. The average Bonchev–Trinajstić information content (AvgIpc) is 2.92. The topological polar surface area (TPSA) is 55.6 Å². The van der Waals surface area contributed by atoms with Crippen LogP contribution in [0.15, 0.2) is 24.4 Å². The standard InChI is InChI=1S/C17H25N3O2/c1-3-5-12-22-13-8-10-18-17(21)16-14(4-2)19-15-9-6-7-11-20(15)16/h6-7,9,11H,3-5,8,10,12-13H2,1-2H3,(H,18,21). The lowest BCUT2D eigenvalue weighted by molar-refractivity contribution is 0.0933. The van der Waals surface area contributed by atoms with Crippen LogP contribution in [0, 0.1) is 0 Å². The van der Waals surface area contributed by atoms with E-state index in [1.54, 1.807) is 0 Å². The molecule has 0 bridgehead atoms. The first kappa shape index (κ1) is 16.5. The van der Waals surface area contributed by atoms with Crippen LogP contribution >= 0.6 is 0 Å². The predicted octanol–water partition coefficient (Wildman–Crippen LogP) is 2.83. The van der Waals surface area contributed by atoms with E-state index in [2.05, 4.69) is 17.2 Å². The number of nitrogens with zero attached hydrogens (tertiary/aromatic N) is 2. The van der Waals surface area contributed by atoms with Crippen molar-refractivity contribution >= 4 is 11.6 Å². The summed E-state index contributed by atoms with van der Waals surface area (Å²) >= 11 is 0. The van der Waals surface area contributed by atoms with Gasteiger partial charge in [0.15, 0.2) is 0 Å². The summed E-state index contributed by atoms with van der Waals surface area (Å²) < 4.78 is 7.35. The Hall–Kier alpha value is -1.88. The smallest absolute Gasteiger partial charge is 0.270 e. The third-order valence-corrected chi connectivity index (χ3v) is 3.55. The molecule has 0 aliphatic rings. The summed E-state index contributed by atoms with van der Waals surface area (Å²) in [6, 6.07) is 5.75. The maximum atomic E-state index is 12.4. The van der Waals surface area contributed by atoms with Crippen LogP contribution in [0.2, 0.25) is 0 Å². The molecule has 0 saturated heterocycles. The number of rotatable bonds is 9. The van der Waals surface area contributed by atoms with Gasteiger partial charge >= 0.3 is 0 Å². The van der Waals surface area contributed by atoms with Gasteiger partial charge in [-0.2, -0.15) is 0 Å². The molecular formula is C17H25N3O2. The summed E-state index contributed by atoms with van der Waals surface area (Å²) in [5, 5.41) is 2.96. The molecular weight excluding hydrogens is 278 g/mol. The Labute approximate surface area is 131 Å². The fourth-order valence-electron chi connectivity index (χ4n) is 2.34. The second kappa shape index (κ2) is 8.54. The number of carbonyl (C=O) groups excluding carboxylic acids is 1. The number of amides is 1. The second-order valence-corrected chi connectivity index (χ2v) is 5.26. The molecule has 0 atom stereocenters. The zero-order chi connectivity index (χ0) is 15.8. The van der Waals surface area contributed by atoms with Gasteiger partial charge in [0.2, 0.25) is 0 Å². The molecule has 1 N–H and O–H groups in total. The fraction of sp³-hybridized carbons (Fsp3) is 0.529. The van der Waals surface area contributed by atoms with Crippen LogP contribution in [0.25, 0.3) is 5.65 Å². The molecule has 0 radical (unpaired) electrons. The molecule has 0 aromatic carbocycles. The van der Waals surface area contributed by atoms with E-state index in [4.69, 9.17) is 4.74 Å². The van der Waals surface area contributed by atoms with Crippen molar-refractivity contribution in [1.82, 2.24) is 14.7 Å². The van der Waals surface area contributed by atoms with Gasteiger partial charge < -0.3 is 10.1 Å². The number of fused-ring (bicyclic) bond motifs is 1. The summed E-state index contributed by atoms with van der Waals surface area (Å²) in [7, 11) is 0. The quantitative estimate of drug-likeness (QED) is 0.725. The van der Waals surface area contributed by atoms with Crippen molar-refractivity contribution in [3.05, 3.63) is 35.8 Å². The molecule has 0 unspecified atom stereocenters. The molecule has 0 spiro atoms. The monoisotopic (exact) mass is 303 g/mol. The maximum Gasteiger partial charge on any atom is 0.270 e. The highest BCUT2D eigenvalue weighted by molar-refractivity contribution is 5.94. The first-order chi connectivity index (χ1) is 10.8. The molecule has 0 aliphatic heterocycles. The third kappa shape index (κ3) is 4.07. The molecule has 5 nitrogen and oxygen atoms in total. The van der Waals surface area contributed by atoms with E-state index in [0.717, 1.165) is 43.6 Å². The van der Waals surface area contributed by atoms with Crippen LogP contribution in [0.4, 0.5) is 0 Å². The highest BCUT2D eigenvalue weighted by Gasteiger charge is 2.17. The third-order valence-electron chi connectivity index (χ3n) is 3.55. The van der Waals surface area contributed by atoms with Crippen molar-refractivity contribution < 1.29 is 9.53 Å². The predicted molar refractivity (Wildman–Crippen MR) is 87.2 cm³/mol. The summed E-state index contributed by atoms with van der Waals surface area (Å²) in [6.45, 7) is 6.27. The normalized spacial score (nSPS) is 11.0. The van der Waals surface area contributed by atoms with Crippen LogP contribution in [-0.2, 0) is 11.2 Å². The van der Waals surface area contributed by atoms with E-state index < -0.39 is 0 Å².